The van der Waals surface area contributed by atoms with E-state index in [1.807, 2.05) is 32.9 Å². The molecule has 0 aliphatic heterocycles. The molecule has 0 saturated heterocycles. The maximum absolute atomic E-state index is 11.6. The Balaban J connectivity index is 1.22. The maximum atomic E-state index is 11.6. The third-order valence-corrected chi connectivity index (χ3v) is 15.7. The number of benzene rings is 1. The van der Waals surface area contributed by atoms with Crippen molar-refractivity contribution in [2.24, 2.45) is 51.2 Å². The van der Waals surface area contributed by atoms with E-state index in [1.165, 1.54) is 68.1 Å². The minimum absolute atomic E-state index is 0.0166. The topological polar surface area (TPSA) is 90.8 Å². The minimum atomic E-state index is -0.939. The molecule has 0 radical (unpaired) electrons. The van der Waals surface area contributed by atoms with Crippen molar-refractivity contribution in [3.8, 4) is 0 Å². The van der Waals surface area contributed by atoms with Crippen LogP contribution < -0.4 is 10.6 Å². The summed E-state index contributed by atoms with van der Waals surface area (Å²) in [5, 5.41) is 27.1. The molecule has 1 aromatic rings. The Bertz CT molecular complexity index is 1480. The van der Waals surface area contributed by atoms with Crippen LogP contribution in [-0.4, -0.2) is 46.8 Å². The van der Waals surface area contributed by atoms with Gasteiger partial charge in [-0.3, -0.25) is 5.32 Å². The highest BCUT2D eigenvalue weighted by Gasteiger charge is 2.70. The molecule has 4 fully saturated rings. The van der Waals surface area contributed by atoms with Crippen molar-refractivity contribution in [2.45, 2.75) is 144 Å². The number of hydrogen-bond donors (Lipinski definition) is 4. The van der Waals surface area contributed by atoms with Gasteiger partial charge in [-0.2, -0.15) is 0 Å². The monoisotopic (exact) mass is 689 g/mol. The van der Waals surface area contributed by atoms with E-state index < -0.39 is 12.4 Å². The molecule has 6 rings (SSSR count). The van der Waals surface area contributed by atoms with Crippen LogP contribution in [0.1, 0.15) is 142 Å². The standard InChI is InChI=1S/C44H68N2O4/c1-28(2)31-18-23-44(46-27-11-26-45-38(49)50-39(3,4)5)25-24-42(9)33(36(31)44)16-17-35-41(8)21-19-32(29-12-14-30(15-13-29)37(47)48)40(6,7)34(41)20-22-43(35,42)10/h12-15,19,31,33-36,38,45-46,49H,1,11,16-18,20-27H2,2-10H3,(H,47,48)/t31-,33+,34-,35+,36+,38?,41-,42+,43+,44-/m0/s1. The number of aliphatic hydroxyl groups excluding tert-OH is 1. The first kappa shape index (κ1) is 37.8. The molecule has 0 aromatic heterocycles. The number of carbonyl (C=O) groups is 1. The molecule has 1 unspecified atom stereocenters. The number of carboxylic acid groups (broad SMARTS) is 1. The lowest BCUT2D eigenvalue weighted by atomic mass is 9.33. The predicted molar refractivity (Wildman–Crippen MR) is 203 cm³/mol. The molecule has 5 aliphatic rings. The maximum Gasteiger partial charge on any atom is 0.335 e. The molecular formula is C44H68N2O4. The number of ether oxygens (including phenoxy) is 1. The van der Waals surface area contributed by atoms with E-state index in [4.69, 9.17) is 4.74 Å². The fourth-order valence-corrected chi connectivity index (χ4v) is 13.4. The van der Waals surface area contributed by atoms with E-state index in [1.54, 1.807) is 12.1 Å². The lowest BCUT2D eigenvalue weighted by Gasteiger charge is -2.72. The van der Waals surface area contributed by atoms with E-state index in [0.29, 0.717) is 35.2 Å². The summed E-state index contributed by atoms with van der Waals surface area (Å²) < 4.78 is 5.65. The largest absolute Gasteiger partial charge is 0.478 e. The molecule has 0 amide bonds. The third kappa shape index (κ3) is 6.16. The third-order valence-electron chi connectivity index (χ3n) is 15.7. The van der Waals surface area contributed by atoms with Crippen molar-refractivity contribution < 1.29 is 19.7 Å². The molecule has 6 heteroatoms. The van der Waals surface area contributed by atoms with Crippen LogP contribution in [0.5, 0.6) is 0 Å². The van der Waals surface area contributed by atoms with Gasteiger partial charge in [0.2, 0.25) is 6.41 Å². The SMILES string of the molecule is C=C(C)[C@@H]1CC[C@]2(NCCCNC(O)OC(C)(C)C)CC[C@]3(C)[C@H](CC[C@@H]4[C@@]5(C)CC=C(c6ccc(C(=O)O)cc6)C(C)(C)[C@@H]5CC[C@]43C)[C@@H]12. The van der Waals surface area contributed by atoms with Gasteiger partial charge in [-0.25, -0.2) is 4.79 Å². The van der Waals surface area contributed by atoms with Crippen molar-refractivity contribution in [2.75, 3.05) is 13.1 Å². The molecule has 4 saturated carbocycles. The van der Waals surface area contributed by atoms with Gasteiger partial charge in [-0.15, -0.1) is 0 Å². The second kappa shape index (κ2) is 13.1. The van der Waals surface area contributed by atoms with Crippen molar-refractivity contribution in [3.05, 3.63) is 53.6 Å². The van der Waals surface area contributed by atoms with Crippen molar-refractivity contribution in [3.63, 3.8) is 0 Å². The number of allylic oxidation sites excluding steroid dienone is 3. The quantitative estimate of drug-likeness (QED) is 0.111. The van der Waals surface area contributed by atoms with E-state index >= 15 is 0 Å². The van der Waals surface area contributed by atoms with Crippen LogP contribution in [0.15, 0.2) is 42.5 Å². The van der Waals surface area contributed by atoms with Gasteiger partial charge < -0.3 is 20.3 Å². The average molecular weight is 689 g/mol. The lowest BCUT2D eigenvalue weighted by Crippen LogP contribution is -2.68. The van der Waals surface area contributed by atoms with Gasteiger partial charge in [0.1, 0.15) is 0 Å². The molecule has 50 heavy (non-hydrogen) atoms. The average Bonchev–Trinajstić information content (AvgIpc) is 3.40. The second-order valence-electron chi connectivity index (χ2n) is 19.6. The summed E-state index contributed by atoms with van der Waals surface area (Å²) in [6, 6.07) is 7.60. The Morgan fingerprint density at radius 1 is 0.940 bits per heavy atom. The summed E-state index contributed by atoms with van der Waals surface area (Å²) in [6.45, 7) is 27.4. The van der Waals surface area contributed by atoms with Crippen LogP contribution in [0.4, 0.5) is 0 Å². The molecule has 278 valence electrons. The molecule has 5 aliphatic carbocycles. The molecule has 1 aromatic carbocycles. The molecule has 0 bridgehead atoms. The van der Waals surface area contributed by atoms with Gasteiger partial charge in [0.15, 0.2) is 0 Å². The van der Waals surface area contributed by atoms with E-state index in [0.717, 1.165) is 25.9 Å². The molecule has 10 atom stereocenters. The number of carboxylic acids is 1. The van der Waals surface area contributed by atoms with Gasteiger partial charge in [-0.05, 0) is 173 Å². The van der Waals surface area contributed by atoms with E-state index in [-0.39, 0.29) is 32.8 Å². The van der Waals surface area contributed by atoms with Crippen LogP contribution in [-0.2, 0) is 4.74 Å². The van der Waals surface area contributed by atoms with Crippen molar-refractivity contribution >= 4 is 11.5 Å². The van der Waals surface area contributed by atoms with Crippen LogP contribution in [0.2, 0.25) is 0 Å². The number of nitrogens with one attached hydrogen (secondary N) is 2. The molecule has 0 spiro atoms. The summed E-state index contributed by atoms with van der Waals surface area (Å²) in [7, 11) is 0. The Hall–Kier alpha value is -1.99. The first-order chi connectivity index (χ1) is 23.3. The zero-order valence-electron chi connectivity index (χ0n) is 32.8. The highest BCUT2D eigenvalue weighted by molar-refractivity contribution is 5.88. The van der Waals surface area contributed by atoms with Crippen LogP contribution >= 0.6 is 0 Å². The van der Waals surface area contributed by atoms with Crippen molar-refractivity contribution in [1.29, 1.82) is 0 Å². The predicted octanol–water partition coefficient (Wildman–Crippen LogP) is 9.45. The highest BCUT2D eigenvalue weighted by atomic mass is 16.6. The number of aromatic carboxylic acids is 1. The Morgan fingerprint density at radius 3 is 2.28 bits per heavy atom. The first-order valence-electron chi connectivity index (χ1n) is 19.8. The number of fused-ring (bicyclic) bond motifs is 7. The summed E-state index contributed by atoms with van der Waals surface area (Å²) >= 11 is 0. The second-order valence-corrected chi connectivity index (χ2v) is 19.6. The lowest BCUT2D eigenvalue weighted by molar-refractivity contribution is -0.219. The molecule has 4 N–H and O–H groups in total. The number of rotatable bonds is 10. The molecular weight excluding hydrogens is 620 g/mol. The van der Waals surface area contributed by atoms with Crippen LogP contribution in [0.25, 0.3) is 5.57 Å². The smallest absolute Gasteiger partial charge is 0.335 e. The summed E-state index contributed by atoms with van der Waals surface area (Å²) in [5.41, 5.74) is 4.91. The van der Waals surface area contributed by atoms with Crippen LogP contribution in [0.3, 0.4) is 0 Å². The Morgan fingerprint density at radius 2 is 1.64 bits per heavy atom. The van der Waals surface area contributed by atoms with E-state index in [9.17, 15) is 15.0 Å². The van der Waals surface area contributed by atoms with Gasteiger partial charge in [0, 0.05) is 12.1 Å². The Kier molecular flexibility index (Phi) is 9.93. The Labute approximate surface area is 303 Å². The summed E-state index contributed by atoms with van der Waals surface area (Å²) in [4.78, 5) is 11.6. The van der Waals surface area contributed by atoms with Crippen molar-refractivity contribution in [1.82, 2.24) is 10.6 Å². The summed E-state index contributed by atoms with van der Waals surface area (Å²) in [5.74, 6) is 2.28. The minimum Gasteiger partial charge on any atom is -0.478 e. The first-order valence-corrected chi connectivity index (χ1v) is 19.8. The van der Waals surface area contributed by atoms with E-state index in [2.05, 4.69) is 64.8 Å². The van der Waals surface area contributed by atoms with Gasteiger partial charge >= 0.3 is 5.97 Å². The summed E-state index contributed by atoms with van der Waals surface area (Å²) in [6.07, 6.45) is 13.8. The number of aliphatic hydroxyl groups is 1. The normalized spacial score (nSPS) is 39.7. The fourth-order valence-electron chi connectivity index (χ4n) is 13.4. The van der Waals surface area contributed by atoms with Gasteiger partial charge in [-0.1, -0.05) is 65.0 Å². The molecule has 0 heterocycles. The van der Waals surface area contributed by atoms with Crippen LogP contribution in [0, 0.1) is 51.2 Å². The van der Waals surface area contributed by atoms with Gasteiger partial charge in [0.05, 0.1) is 11.2 Å². The van der Waals surface area contributed by atoms with Gasteiger partial charge in [0.25, 0.3) is 0 Å². The fraction of sp³-hybridized carbons (Fsp3) is 0.750. The highest BCUT2D eigenvalue weighted by Crippen LogP contribution is 2.76. The zero-order valence-corrected chi connectivity index (χ0v) is 32.8. The molecule has 6 nitrogen and oxygen atoms in total. The zero-order chi connectivity index (χ0) is 36.5. The number of hydrogen-bond acceptors (Lipinski definition) is 5.